The van der Waals surface area contributed by atoms with E-state index in [4.69, 9.17) is 4.74 Å². The van der Waals surface area contributed by atoms with E-state index < -0.39 is 0 Å². The van der Waals surface area contributed by atoms with Gasteiger partial charge in [-0.1, -0.05) is 36.4 Å². The van der Waals surface area contributed by atoms with Crippen LogP contribution in [-0.4, -0.2) is 72.0 Å². The number of amides is 1. The third kappa shape index (κ3) is 4.46. The number of likely N-dealkylation sites (N-methyl/N-ethyl adjacent to an activating group) is 1. The minimum Gasteiger partial charge on any atom is -0.492 e. The van der Waals surface area contributed by atoms with Gasteiger partial charge < -0.3 is 19.5 Å². The largest absolute Gasteiger partial charge is 0.492 e. The molecule has 2 aliphatic heterocycles. The lowest BCUT2D eigenvalue weighted by molar-refractivity contribution is -0.139. The third-order valence-electron chi connectivity index (χ3n) is 6.91. The lowest BCUT2D eigenvalue weighted by Crippen LogP contribution is -2.55. The zero-order chi connectivity index (χ0) is 23.7. The van der Waals surface area contributed by atoms with E-state index >= 15 is 0 Å². The number of carbonyl (C=O) groups is 1. The highest BCUT2D eigenvalue weighted by Gasteiger charge is 2.28. The summed E-state index contributed by atoms with van der Waals surface area (Å²) in [5, 5.41) is 0. The average molecular weight is 457 g/mol. The molecular weight excluding hydrogens is 424 g/mol. The number of aromatic amines is 1. The second kappa shape index (κ2) is 9.39. The van der Waals surface area contributed by atoms with Gasteiger partial charge in [-0.2, -0.15) is 0 Å². The van der Waals surface area contributed by atoms with Gasteiger partial charge in [0.15, 0.2) is 0 Å². The highest BCUT2D eigenvalue weighted by Crippen LogP contribution is 2.32. The van der Waals surface area contributed by atoms with E-state index in [9.17, 15) is 4.79 Å². The molecule has 5 rings (SSSR count). The van der Waals surface area contributed by atoms with Gasteiger partial charge in [0.05, 0.1) is 12.6 Å². The molecule has 2 aromatic carbocycles. The first-order valence-electron chi connectivity index (χ1n) is 11.9. The summed E-state index contributed by atoms with van der Waals surface area (Å²) in [6, 6.07) is 19.1. The molecule has 0 aliphatic carbocycles. The summed E-state index contributed by atoms with van der Waals surface area (Å²) in [4.78, 5) is 21.7. The molecule has 1 fully saturated rings. The van der Waals surface area contributed by atoms with Gasteiger partial charge in [0.25, 0.3) is 0 Å². The number of hydrogen-bond donors (Lipinski definition) is 1. The van der Waals surface area contributed by atoms with Crippen molar-refractivity contribution in [1.82, 2.24) is 19.7 Å². The summed E-state index contributed by atoms with van der Waals surface area (Å²) >= 11 is 0. The fraction of sp³-hybridized carbons (Fsp3) is 0.321. The number of ether oxygens (including phenoxy) is 1. The van der Waals surface area contributed by atoms with E-state index in [1.165, 1.54) is 28.0 Å². The molecule has 0 saturated carbocycles. The Labute approximate surface area is 201 Å². The molecule has 0 spiro atoms. The molecule has 1 aromatic heterocycles. The Balaban J connectivity index is 1.20. The van der Waals surface area contributed by atoms with Crippen molar-refractivity contribution in [3.63, 3.8) is 0 Å². The summed E-state index contributed by atoms with van der Waals surface area (Å²) < 4.78 is 5.96. The number of piperazine rings is 1. The van der Waals surface area contributed by atoms with Crippen LogP contribution in [0.25, 0.3) is 16.7 Å². The lowest BCUT2D eigenvalue weighted by Gasteiger charge is -2.37. The van der Waals surface area contributed by atoms with Crippen molar-refractivity contribution in [1.29, 1.82) is 0 Å². The molecule has 2 aliphatic rings. The van der Waals surface area contributed by atoms with Crippen LogP contribution in [-0.2, 0) is 11.3 Å². The molecule has 1 N–H and O–H groups in total. The third-order valence-corrected chi connectivity index (χ3v) is 6.91. The van der Waals surface area contributed by atoms with Crippen LogP contribution >= 0.6 is 0 Å². The quantitative estimate of drug-likeness (QED) is 0.608. The molecule has 1 atom stereocenters. The Morgan fingerprint density at radius 2 is 1.62 bits per heavy atom. The number of rotatable bonds is 6. The monoisotopic (exact) mass is 456 g/mol. The molecule has 34 heavy (non-hydrogen) atoms. The van der Waals surface area contributed by atoms with E-state index in [1.54, 1.807) is 4.90 Å². The van der Waals surface area contributed by atoms with Crippen LogP contribution in [0.2, 0.25) is 0 Å². The normalized spacial score (nSPS) is 18.6. The molecule has 3 heterocycles. The average Bonchev–Trinajstić information content (AvgIpc) is 3.32. The zero-order valence-corrected chi connectivity index (χ0v) is 20.1. The van der Waals surface area contributed by atoms with Crippen molar-refractivity contribution in [2.45, 2.75) is 19.5 Å². The number of carbonyl (C=O) groups excluding carboxylic acids is 1. The fourth-order valence-electron chi connectivity index (χ4n) is 4.83. The number of H-pyrrole nitrogens is 1. The highest BCUT2D eigenvalue weighted by atomic mass is 16.5. The van der Waals surface area contributed by atoms with Crippen LogP contribution in [0.5, 0.6) is 5.75 Å². The number of aromatic nitrogens is 1. The standard InChI is InChI=1S/C28H32N4O2/c1-20-28(33)31(3)14-15-32(20)16-17-34-24-10-8-22(9-11-24)21-4-6-23(7-5-21)26-18-30(2)19-27-25(26)12-13-29-27/h4-13,18,20,29H,14-17,19H2,1-3H3/t20-/m1/s1. The van der Waals surface area contributed by atoms with E-state index in [-0.39, 0.29) is 11.9 Å². The first kappa shape index (κ1) is 22.3. The number of nitrogens with one attached hydrogen (secondary N) is 1. The molecule has 6 nitrogen and oxygen atoms in total. The SMILES string of the molecule is C[C@@H]1C(=O)N(C)CCN1CCOc1ccc(-c2ccc(C3=CN(C)Cc4[nH]ccc43)cc2)cc1. The number of fused-ring (bicyclic) bond motifs is 1. The Bertz CT molecular complexity index is 1180. The second-order valence-corrected chi connectivity index (χ2v) is 9.25. The van der Waals surface area contributed by atoms with Crippen molar-refractivity contribution in [3.05, 3.63) is 83.8 Å². The van der Waals surface area contributed by atoms with Gasteiger partial charge in [0.1, 0.15) is 12.4 Å². The molecule has 1 amide bonds. The van der Waals surface area contributed by atoms with Crippen LogP contribution in [0.3, 0.4) is 0 Å². The van der Waals surface area contributed by atoms with Crippen LogP contribution < -0.4 is 4.74 Å². The van der Waals surface area contributed by atoms with Crippen molar-refractivity contribution in [3.8, 4) is 16.9 Å². The summed E-state index contributed by atoms with van der Waals surface area (Å²) in [5.41, 5.74) is 7.34. The fourth-order valence-corrected chi connectivity index (χ4v) is 4.83. The van der Waals surface area contributed by atoms with Gasteiger partial charge in [0.2, 0.25) is 5.91 Å². The smallest absolute Gasteiger partial charge is 0.239 e. The van der Waals surface area contributed by atoms with E-state index in [0.29, 0.717) is 6.61 Å². The molecule has 1 saturated heterocycles. The maximum absolute atomic E-state index is 12.1. The van der Waals surface area contributed by atoms with Crippen LogP contribution in [0.15, 0.2) is 67.0 Å². The first-order valence-corrected chi connectivity index (χ1v) is 11.9. The second-order valence-electron chi connectivity index (χ2n) is 9.25. The Kier molecular flexibility index (Phi) is 6.16. The van der Waals surface area contributed by atoms with E-state index in [1.807, 2.05) is 32.3 Å². The van der Waals surface area contributed by atoms with Crippen molar-refractivity contribution in [2.75, 3.05) is 40.3 Å². The maximum Gasteiger partial charge on any atom is 0.239 e. The van der Waals surface area contributed by atoms with E-state index in [0.717, 1.165) is 37.5 Å². The predicted octanol–water partition coefficient (Wildman–Crippen LogP) is 4.06. The Morgan fingerprint density at radius 3 is 2.35 bits per heavy atom. The molecule has 0 radical (unpaired) electrons. The summed E-state index contributed by atoms with van der Waals surface area (Å²) in [6.07, 6.45) is 4.23. The maximum atomic E-state index is 12.1. The molecule has 0 unspecified atom stereocenters. The zero-order valence-electron chi connectivity index (χ0n) is 20.1. The van der Waals surface area contributed by atoms with Gasteiger partial charge in [-0.3, -0.25) is 9.69 Å². The van der Waals surface area contributed by atoms with Gasteiger partial charge in [-0.15, -0.1) is 0 Å². The summed E-state index contributed by atoms with van der Waals surface area (Å²) in [5.74, 6) is 1.03. The minimum atomic E-state index is -0.0821. The highest BCUT2D eigenvalue weighted by molar-refractivity contribution is 5.83. The lowest BCUT2D eigenvalue weighted by atomic mass is 9.94. The molecule has 3 aromatic rings. The van der Waals surface area contributed by atoms with Gasteiger partial charge >= 0.3 is 0 Å². The van der Waals surface area contributed by atoms with Crippen molar-refractivity contribution < 1.29 is 9.53 Å². The van der Waals surface area contributed by atoms with E-state index in [2.05, 4.69) is 70.5 Å². The minimum absolute atomic E-state index is 0.0821. The van der Waals surface area contributed by atoms with Crippen LogP contribution in [0, 0.1) is 0 Å². The van der Waals surface area contributed by atoms with Crippen molar-refractivity contribution >= 4 is 11.5 Å². The Morgan fingerprint density at radius 1 is 0.941 bits per heavy atom. The van der Waals surface area contributed by atoms with Crippen LogP contribution in [0.4, 0.5) is 0 Å². The first-order chi connectivity index (χ1) is 16.5. The van der Waals surface area contributed by atoms with Crippen LogP contribution in [0.1, 0.15) is 23.7 Å². The molecule has 6 heteroatoms. The Hall–Kier alpha value is -3.51. The number of nitrogens with zero attached hydrogens (tertiary/aromatic N) is 3. The van der Waals surface area contributed by atoms with Gasteiger partial charge in [-0.05, 0) is 41.8 Å². The predicted molar refractivity (Wildman–Crippen MR) is 135 cm³/mol. The summed E-state index contributed by atoms with van der Waals surface area (Å²) in [6.45, 7) is 5.86. The number of benzene rings is 2. The van der Waals surface area contributed by atoms with Gasteiger partial charge in [-0.25, -0.2) is 0 Å². The number of hydrogen-bond acceptors (Lipinski definition) is 4. The van der Waals surface area contributed by atoms with Gasteiger partial charge in [0, 0.05) is 63.0 Å². The topological polar surface area (TPSA) is 51.8 Å². The molecule has 176 valence electrons. The van der Waals surface area contributed by atoms with Crippen molar-refractivity contribution in [2.24, 2.45) is 0 Å². The molecular formula is C28H32N4O2. The summed E-state index contributed by atoms with van der Waals surface area (Å²) in [7, 11) is 3.97. The molecule has 0 bridgehead atoms.